The fourth-order valence-electron chi connectivity index (χ4n) is 1.43. The van der Waals surface area contributed by atoms with E-state index in [0.29, 0.717) is 5.15 Å². The molecule has 0 aliphatic rings. The Morgan fingerprint density at radius 3 is 2.71 bits per heavy atom. The number of hydrogen-bond donors (Lipinski definition) is 0. The van der Waals surface area contributed by atoms with Crippen LogP contribution in [0.4, 0.5) is 0 Å². The molecule has 0 saturated heterocycles. The average molecular weight is 318 g/mol. The van der Waals surface area contributed by atoms with Gasteiger partial charge >= 0.3 is 0 Å². The van der Waals surface area contributed by atoms with Gasteiger partial charge in [0, 0.05) is 8.96 Å². The summed E-state index contributed by atoms with van der Waals surface area (Å²) in [6, 6.07) is 5.94. The SMILES string of the molecule is Cc1cc2nc(Cl)ccc2c(I)c1C. The van der Waals surface area contributed by atoms with Crippen molar-refractivity contribution in [3.8, 4) is 0 Å². The average Bonchev–Trinajstić information content (AvgIpc) is 2.14. The minimum atomic E-state index is 0.552. The molecule has 0 amide bonds. The zero-order valence-corrected chi connectivity index (χ0v) is 10.8. The lowest BCUT2D eigenvalue weighted by molar-refractivity contribution is 1.31. The van der Waals surface area contributed by atoms with E-state index >= 15 is 0 Å². The summed E-state index contributed by atoms with van der Waals surface area (Å²) < 4.78 is 1.27. The molecule has 1 nitrogen and oxygen atoms in total. The van der Waals surface area contributed by atoms with Crippen molar-refractivity contribution in [2.75, 3.05) is 0 Å². The molecule has 14 heavy (non-hydrogen) atoms. The number of hydrogen-bond acceptors (Lipinski definition) is 1. The van der Waals surface area contributed by atoms with Crippen molar-refractivity contribution < 1.29 is 0 Å². The zero-order valence-electron chi connectivity index (χ0n) is 7.94. The quantitative estimate of drug-likeness (QED) is 0.526. The van der Waals surface area contributed by atoms with Gasteiger partial charge < -0.3 is 0 Å². The summed E-state index contributed by atoms with van der Waals surface area (Å²) in [5, 5.41) is 1.73. The molecule has 0 unspecified atom stereocenters. The normalized spacial score (nSPS) is 10.9. The fraction of sp³-hybridized carbons (Fsp3) is 0.182. The van der Waals surface area contributed by atoms with Gasteiger partial charge in [-0.15, -0.1) is 0 Å². The number of pyridine rings is 1. The van der Waals surface area contributed by atoms with Crippen LogP contribution in [0.1, 0.15) is 11.1 Å². The predicted octanol–water partition coefficient (Wildman–Crippen LogP) is 4.11. The number of halogens is 2. The highest BCUT2D eigenvalue weighted by Crippen LogP contribution is 2.26. The minimum Gasteiger partial charge on any atom is -0.236 e. The third kappa shape index (κ3) is 1.61. The van der Waals surface area contributed by atoms with Gasteiger partial charge in [-0.1, -0.05) is 11.6 Å². The lowest BCUT2D eigenvalue weighted by atomic mass is 10.1. The standard InChI is InChI=1S/C11H9ClIN/c1-6-5-9-8(11(13)7(6)2)3-4-10(12)14-9/h3-5H,1-2H3. The molecule has 72 valence electrons. The highest BCUT2D eigenvalue weighted by Gasteiger charge is 2.06. The van der Waals surface area contributed by atoms with E-state index in [9.17, 15) is 0 Å². The molecule has 2 aromatic rings. The largest absolute Gasteiger partial charge is 0.236 e. The van der Waals surface area contributed by atoms with E-state index < -0.39 is 0 Å². The maximum absolute atomic E-state index is 5.85. The van der Waals surface area contributed by atoms with Gasteiger partial charge in [-0.3, -0.25) is 0 Å². The van der Waals surface area contributed by atoms with Crippen LogP contribution in [0.3, 0.4) is 0 Å². The van der Waals surface area contributed by atoms with E-state index in [1.54, 1.807) is 0 Å². The molecule has 0 aliphatic heterocycles. The third-order valence-corrected chi connectivity index (χ3v) is 4.00. The number of nitrogens with zero attached hydrogens (tertiary/aromatic N) is 1. The van der Waals surface area contributed by atoms with Crippen molar-refractivity contribution in [3.05, 3.63) is 38.0 Å². The van der Waals surface area contributed by atoms with Crippen LogP contribution < -0.4 is 0 Å². The summed E-state index contributed by atoms with van der Waals surface area (Å²) in [7, 11) is 0. The summed E-state index contributed by atoms with van der Waals surface area (Å²) in [5.74, 6) is 0. The monoisotopic (exact) mass is 317 g/mol. The molecule has 0 bridgehead atoms. The number of aromatic nitrogens is 1. The molecule has 0 N–H and O–H groups in total. The molecular formula is C11H9ClIN. The highest BCUT2D eigenvalue weighted by molar-refractivity contribution is 14.1. The number of aryl methyl sites for hydroxylation is 1. The fourth-order valence-corrected chi connectivity index (χ4v) is 2.47. The highest BCUT2D eigenvalue weighted by atomic mass is 127. The lowest BCUT2D eigenvalue weighted by Gasteiger charge is -2.07. The van der Waals surface area contributed by atoms with Crippen LogP contribution in [0.2, 0.25) is 5.15 Å². The zero-order chi connectivity index (χ0) is 10.3. The predicted molar refractivity (Wildman–Crippen MR) is 68.9 cm³/mol. The number of benzene rings is 1. The summed E-state index contributed by atoms with van der Waals surface area (Å²) >= 11 is 8.21. The Bertz CT molecular complexity index is 508. The summed E-state index contributed by atoms with van der Waals surface area (Å²) in [6.07, 6.45) is 0. The lowest BCUT2D eigenvalue weighted by Crippen LogP contribution is -1.90. The molecule has 0 radical (unpaired) electrons. The Labute approximate surface area is 102 Å². The molecule has 1 aromatic carbocycles. The van der Waals surface area contributed by atoms with Crippen molar-refractivity contribution in [1.82, 2.24) is 4.98 Å². The van der Waals surface area contributed by atoms with Gasteiger partial charge in [0.05, 0.1) is 5.52 Å². The maximum atomic E-state index is 5.85. The Kier molecular flexibility index (Phi) is 2.66. The van der Waals surface area contributed by atoms with Crippen molar-refractivity contribution >= 4 is 45.1 Å². The molecule has 0 atom stereocenters. The molecule has 1 heterocycles. The second kappa shape index (κ2) is 3.66. The first-order chi connectivity index (χ1) is 6.59. The molecule has 0 aliphatic carbocycles. The summed E-state index contributed by atoms with van der Waals surface area (Å²) in [4.78, 5) is 4.30. The van der Waals surface area contributed by atoms with Crippen LogP contribution in [0.15, 0.2) is 18.2 Å². The smallest absolute Gasteiger partial charge is 0.129 e. The van der Waals surface area contributed by atoms with E-state index in [0.717, 1.165) is 5.52 Å². The van der Waals surface area contributed by atoms with E-state index in [4.69, 9.17) is 11.6 Å². The van der Waals surface area contributed by atoms with Crippen LogP contribution in [0.5, 0.6) is 0 Å². The first-order valence-electron chi connectivity index (χ1n) is 4.31. The molecule has 3 heteroatoms. The van der Waals surface area contributed by atoms with E-state index in [1.165, 1.54) is 20.1 Å². The van der Waals surface area contributed by atoms with E-state index in [2.05, 4.69) is 47.5 Å². The van der Waals surface area contributed by atoms with Gasteiger partial charge in [0.2, 0.25) is 0 Å². The second-order valence-corrected chi connectivity index (χ2v) is 4.80. The molecule has 0 spiro atoms. The van der Waals surface area contributed by atoms with Crippen LogP contribution in [-0.4, -0.2) is 4.98 Å². The summed E-state index contributed by atoms with van der Waals surface area (Å²) in [5.41, 5.74) is 3.56. The van der Waals surface area contributed by atoms with Gasteiger partial charge in [-0.25, -0.2) is 4.98 Å². The Morgan fingerprint density at radius 1 is 1.29 bits per heavy atom. The number of rotatable bonds is 0. The van der Waals surface area contributed by atoms with E-state index in [-0.39, 0.29) is 0 Å². The second-order valence-electron chi connectivity index (χ2n) is 3.33. The van der Waals surface area contributed by atoms with Crippen molar-refractivity contribution in [2.45, 2.75) is 13.8 Å². The van der Waals surface area contributed by atoms with Crippen molar-refractivity contribution in [3.63, 3.8) is 0 Å². The van der Waals surface area contributed by atoms with Crippen molar-refractivity contribution in [1.29, 1.82) is 0 Å². The molecule has 0 fully saturated rings. The van der Waals surface area contributed by atoms with Gasteiger partial charge in [0.15, 0.2) is 0 Å². The molecule has 2 rings (SSSR count). The Hall–Kier alpha value is -0.350. The Morgan fingerprint density at radius 2 is 2.00 bits per heavy atom. The first kappa shape index (κ1) is 10.2. The number of fused-ring (bicyclic) bond motifs is 1. The molecule has 0 saturated carbocycles. The van der Waals surface area contributed by atoms with Crippen LogP contribution in [0.25, 0.3) is 10.9 Å². The molecular weight excluding hydrogens is 308 g/mol. The molecule has 1 aromatic heterocycles. The Balaban J connectivity index is 2.91. The van der Waals surface area contributed by atoms with E-state index in [1.807, 2.05) is 12.1 Å². The maximum Gasteiger partial charge on any atom is 0.129 e. The van der Waals surface area contributed by atoms with Crippen LogP contribution >= 0.6 is 34.2 Å². The van der Waals surface area contributed by atoms with Gasteiger partial charge in [0.25, 0.3) is 0 Å². The third-order valence-electron chi connectivity index (χ3n) is 2.40. The van der Waals surface area contributed by atoms with Gasteiger partial charge in [0.1, 0.15) is 5.15 Å². The summed E-state index contributed by atoms with van der Waals surface area (Å²) in [6.45, 7) is 4.23. The topological polar surface area (TPSA) is 12.9 Å². The van der Waals surface area contributed by atoms with Crippen LogP contribution in [0, 0.1) is 17.4 Å². The van der Waals surface area contributed by atoms with Gasteiger partial charge in [-0.05, 0) is 65.8 Å². The first-order valence-corrected chi connectivity index (χ1v) is 5.77. The van der Waals surface area contributed by atoms with Crippen molar-refractivity contribution in [2.24, 2.45) is 0 Å². The minimum absolute atomic E-state index is 0.552. The van der Waals surface area contributed by atoms with Crippen LogP contribution in [-0.2, 0) is 0 Å². The van der Waals surface area contributed by atoms with Gasteiger partial charge in [-0.2, -0.15) is 0 Å².